The summed E-state index contributed by atoms with van der Waals surface area (Å²) in [6.45, 7) is 0. The summed E-state index contributed by atoms with van der Waals surface area (Å²) in [4.78, 5) is 2.80. The molecule has 0 fully saturated rings. The van der Waals surface area contributed by atoms with Gasteiger partial charge < -0.3 is 4.98 Å². The summed E-state index contributed by atoms with van der Waals surface area (Å²) in [5.41, 5.74) is 0.787. The molecule has 0 saturated heterocycles. The molecule has 4 nitrogen and oxygen atoms in total. The number of hydrogen-bond donors (Lipinski definition) is 2. The average molecular weight is 240 g/mol. The van der Waals surface area contributed by atoms with Crippen molar-refractivity contribution in [2.45, 2.75) is 4.90 Å². The van der Waals surface area contributed by atoms with Crippen LogP contribution in [0.1, 0.15) is 0 Å². The van der Waals surface area contributed by atoms with Crippen molar-refractivity contribution in [2.24, 2.45) is 5.14 Å². The van der Waals surface area contributed by atoms with Crippen LogP contribution >= 0.6 is 12.2 Å². The summed E-state index contributed by atoms with van der Waals surface area (Å²) >= 11 is 5.06. The van der Waals surface area contributed by atoms with Crippen molar-refractivity contribution in [3.05, 3.63) is 35.0 Å². The molecule has 0 amide bonds. The number of nitrogens with two attached hydrogens (primary N) is 1. The lowest BCUT2D eigenvalue weighted by Gasteiger charge is -2.02. The molecule has 78 valence electrons. The first-order chi connectivity index (χ1) is 7.00. The van der Waals surface area contributed by atoms with Crippen LogP contribution in [0.15, 0.2) is 35.4 Å². The Hall–Kier alpha value is -1.24. The Balaban J connectivity index is 2.95. The summed E-state index contributed by atoms with van der Waals surface area (Å²) in [6.07, 6.45) is 1.32. The summed E-state index contributed by atoms with van der Waals surface area (Å²) in [5.74, 6) is 0. The molecular weight excluding hydrogens is 232 g/mol. The number of aromatic amines is 1. The van der Waals surface area contributed by atoms with E-state index in [0.29, 0.717) is 5.39 Å². The first-order valence-corrected chi connectivity index (χ1v) is 6.09. The first-order valence-electron chi connectivity index (χ1n) is 4.13. The van der Waals surface area contributed by atoms with Crippen molar-refractivity contribution in [3.63, 3.8) is 0 Å². The Morgan fingerprint density at radius 3 is 2.60 bits per heavy atom. The molecule has 1 aromatic heterocycles. The Morgan fingerprint density at radius 1 is 1.27 bits per heavy atom. The molecule has 0 atom stereocenters. The normalized spacial score (nSPS) is 11.8. The van der Waals surface area contributed by atoms with Gasteiger partial charge in [-0.3, -0.25) is 0 Å². The summed E-state index contributed by atoms with van der Waals surface area (Å²) in [7, 11) is -3.76. The second-order valence-electron chi connectivity index (χ2n) is 3.07. The van der Waals surface area contributed by atoms with E-state index in [4.69, 9.17) is 17.4 Å². The van der Waals surface area contributed by atoms with E-state index >= 15 is 0 Å². The number of benzene rings is 1. The second kappa shape index (κ2) is 3.41. The zero-order valence-electron chi connectivity index (χ0n) is 7.60. The third-order valence-corrected chi connectivity index (χ3v) is 3.56. The van der Waals surface area contributed by atoms with E-state index in [0.717, 1.165) is 5.52 Å². The first kappa shape index (κ1) is 10.3. The van der Waals surface area contributed by atoms with E-state index < -0.39 is 10.0 Å². The number of para-hydroxylation sites is 1. The molecule has 2 rings (SSSR count). The number of sulfonamides is 1. The number of hydrogen-bond acceptors (Lipinski definition) is 3. The standard InChI is InChI=1S/C9H8N2O2S2/c10-15(12,13)8-5-11-7-4-2-1-3-6(7)9(8)14/h1-5H,(H,11,14)(H2,10,12,13). The van der Waals surface area contributed by atoms with Gasteiger partial charge in [0.15, 0.2) is 0 Å². The largest absolute Gasteiger partial charge is 0.360 e. The Bertz CT molecular complexity index is 674. The molecule has 0 aliphatic heterocycles. The van der Waals surface area contributed by atoms with Crippen molar-refractivity contribution in [1.29, 1.82) is 0 Å². The monoisotopic (exact) mass is 240 g/mol. The zero-order chi connectivity index (χ0) is 11.1. The third-order valence-electron chi connectivity index (χ3n) is 2.06. The Morgan fingerprint density at radius 2 is 1.93 bits per heavy atom. The molecule has 0 aliphatic rings. The third kappa shape index (κ3) is 1.79. The van der Waals surface area contributed by atoms with E-state index in [9.17, 15) is 8.42 Å². The number of pyridine rings is 1. The minimum absolute atomic E-state index is 0.0452. The van der Waals surface area contributed by atoms with E-state index in [-0.39, 0.29) is 9.41 Å². The lowest BCUT2D eigenvalue weighted by Crippen LogP contribution is -2.13. The maximum Gasteiger partial charge on any atom is 0.240 e. The van der Waals surface area contributed by atoms with Crippen LogP contribution in [0.4, 0.5) is 0 Å². The van der Waals surface area contributed by atoms with Gasteiger partial charge in [0.2, 0.25) is 10.0 Å². The molecule has 15 heavy (non-hydrogen) atoms. The van der Waals surface area contributed by atoms with Gasteiger partial charge in [0.05, 0.1) is 4.51 Å². The van der Waals surface area contributed by atoms with Gasteiger partial charge in [-0.25, -0.2) is 13.6 Å². The Kier molecular flexibility index (Phi) is 2.34. The fourth-order valence-corrected chi connectivity index (χ4v) is 2.54. The molecule has 0 spiro atoms. The van der Waals surface area contributed by atoms with Gasteiger partial charge in [-0.1, -0.05) is 30.4 Å². The molecule has 0 radical (unpaired) electrons. The lowest BCUT2D eigenvalue weighted by atomic mass is 10.2. The topological polar surface area (TPSA) is 76.0 Å². The molecule has 3 N–H and O–H groups in total. The zero-order valence-corrected chi connectivity index (χ0v) is 9.23. The van der Waals surface area contributed by atoms with Crippen LogP contribution < -0.4 is 5.14 Å². The van der Waals surface area contributed by atoms with Gasteiger partial charge in [0.25, 0.3) is 0 Å². The quantitative estimate of drug-likeness (QED) is 0.742. The molecule has 6 heteroatoms. The highest BCUT2D eigenvalue weighted by Gasteiger charge is 2.11. The van der Waals surface area contributed by atoms with Crippen LogP contribution in [-0.4, -0.2) is 13.4 Å². The van der Waals surface area contributed by atoms with E-state index in [1.807, 2.05) is 12.1 Å². The molecule has 0 aliphatic carbocycles. The Labute approximate surface area is 91.8 Å². The minimum Gasteiger partial charge on any atom is -0.360 e. The predicted molar refractivity (Wildman–Crippen MR) is 60.5 cm³/mol. The van der Waals surface area contributed by atoms with Crippen molar-refractivity contribution < 1.29 is 8.42 Å². The highest BCUT2D eigenvalue weighted by Crippen LogP contribution is 2.18. The van der Waals surface area contributed by atoms with Crippen LogP contribution in [0.25, 0.3) is 10.9 Å². The van der Waals surface area contributed by atoms with Gasteiger partial charge in [-0.05, 0) is 6.07 Å². The minimum atomic E-state index is -3.76. The van der Waals surface area contributed by atoms with Gasteiger partial charge in [-0.2, -0.15) is 0 Å². The van der Waals surface area contributed by atoms with Gasteiger partial charge >= 0.3 is 0 Å². The average Bonchev–Trinajstić information content (AvgIpc) is 2.16. The SMILES string of the molecule is NS(=O)(=O)c1c[nH]c2ccccc2c1=S. The van der Waals surface area contributed by atoms with Crippen molar-refractivity contribution >= 4 is 33.1 Å². The van der Waals surface area contributed by atoms with Crippen LogP contribution in [0, 0.1) is 4.51 Å². The predicted octanol–water partition coefficient (Wildman–Crippen LogP) is 1.54. The van der Waals surface area contributed by atoms with Crippen LogP contribution in [0.3, 0.4) is 0 Å². The summed E-state index contributed by atoms with van der Waals surface area (Å²) in [5, 5.41) is 5.71. The summed E-state index contributed by atoms with van der Waals surface area (Å²) in [6, 6.07) is 7.20. The number of primary sulfonamides is 1. The van der Waals surface area contributed by atoms with E-state index in [2.05, 4.69) is 4.98 Å². The van der Waals surface area contributed by atoms with Gasteiger partial charge in [0.1, 0.15) is 4.90 Å². The number of rotatable bonds is 1. The molecule has 0 saturated carbocycles. The van der Waals surface area contributed by atoms with Crippen molar-refractivity contribution in [1.82, 2.24) is 4.98 Å². The molecular formula is C9H8N2O2S2. The van der Waals surface area contributed by atoms with E-state index in [1.165, 1.54) is 6.20 Å². The second-order valence-corrected chi connectivity index (χ2v) is 5.01. The van der Waals surface area contributed by atoms with Crippen LogP contribution in [-0.2, 0) is 10.0 Å². The van der Waals surface area contributed by atoms with Crippen LogP contribution in [0.5, 0.6) is 0 Å². The molecule has 0 unspecified atom stereocenters. The van der Waals surface area contributed by atoms with E-state index in [1.54, 1.807) is 12.1 Å². The van der Waals surface area contributed by atoms with Crippen molar-refractivity contribution in [3.8, 4) is 0 Å². The maximum atomic E-state index is 11.2. The number of nitrogens with one attached hydrogen (secondary N) is 1. The fourth-order valence-electron chi connectivity index (χ4n) is 1.36. The fraction of sp³-hybridized carbons (Fsp3) is 0. The molecule has 0 bridgehead atoms. The molecule has 1 heterocycles. The summed E-state index contributed by atoms with van der Waals surface area (Å²) < 4.78 is 22.6. The molecule has 2 aromatic rings. The number of fused-ring (bicyclic) bond motifs is 1. The smallest absolute Gasteiger partial charge is 0.240 e. The van der Waals surface area contributed by atoms with Gasteiger partial charge in [-0.15, -0.1) is 0 Å². The number of aromatic nitrogens is 1. The van der Waals surface area contributed by atoms with Gasteiger partial charge in [0, 0.05) is 17.1 Å². The highest BCUT2D eigenvalue weighted by molar-refractivity contribution is 7.89. The number of H-pyrrole nitrogens is 1. The lowest BCUT2D eigenvalue weighted by molar-refractivity contribution is 0.597. The molecule has 1 aromatic carbocycles. The maximum absolute atomic E-state index is 11.2. The van der Waals surface area contributed by atoms with Crippen LogP contribution in [0.2, 0.25) is 0 Å². The highest BCUT2D eigenvalue weighted by atomic mass is 32.2. The van der Waals surface area contributed by atoms with Crippen molar-refractivity contribution in [2.75, 3.05) is 0 Å².